The fourth-order valence-electron chi connectivity index (χ4n) is 2.62. The van der Waals surface area contributed by atoms with Gasteiger partial charge in [0.25, 0.3) is 0 Å². The van der Waals surface area contributed by atoms with Crippen LogP contribution in [0.25, 0.3) is 0 Å². The van der Waals surface area contributed by atoms with E-state index in [9.17, 15) is 8.42 Å². The van der Waals surface area contributed by atoms with Crippen molar-refractivity contribution in [3.63, 3.8) is 0 Å². The van der Waals surface area contributed by atoms with Crippen molar-refractivity contribution in [1.29, 1.82) is 0 Å². The minimum atomic E-state index is -3.18. The molecular weight excluding hydrogens is 260 g/mol. The van der Waals surface area contributed by atoms with Gasteiger partial charge in [0.05, 0.1) is 10.6 Å². The lowest BCUT2D eigenvalue weighted by atomic mass is 10.2. The molecule has 0 amide bonds. The van der Waals surface area contributed by atoms with Crippen LogP contribution in [0.1, 0.15) is 24.8 Å². The Morgan fingerprint density at radius 3 is 2.58 bits per heavy atom. The summed E-state index contributed by atoms with van der Waals surface area (Å²) in [5.74, 6) is 0.217. The van der Waals surface area contributed by atoms with Crippen LogP contribution in [0.3, 0.4) is 0 Å². The maximum atomic E-state index is 12.3. The molecule has 0 aromatic heterocycles. The zero-order valence-corrected chi connectivity index (χ0v) is 12.2. The van der Waals surface area contributed by atoms with Crippen LogP contribution < -0.4 is 5.73 Å². The Morgan fingerprint density at radius 2 is 1.95 bits per heavy atom. The van der Waals surface area contributed by atoms with Gasteiger partial charge in [0.1, 0.15) is 0 Å². The van der Waals surface area contributed by atoms with E-state index < -0.39 is 9.84 Å². The molecule has 0 radical (unpaired) electrons. The molecule has 0 unspecified atom stereocenters. The van der Waals surface area contributed by atoms with E-state index in [4.69, 9.17) is 5.73 Å². The second kappa shape index (κ2) is 5.92. The SMILES string of the molecule is Cc1cc(N)ccc1S(=O)(=O)CCCN1CCCC1. The highest BCUT2D eigenvalue weighted by Crippen LogP contribution is 2.20. The molecule has 1 heterocycles. The van der Waals surface area contributed by atoms with E-state index in [1.165, 1.54) is 12.8 Å². The average molecular weight is 282 g/mol. The molecule has 1 aliphatic heterocycles. The molecule has 0 bridgehead atoms. The lowest BCUT2D eigenvalue weighted by molar-refractivity contribution is 0.340. The summed E-state index contributed by atoms with van der Waals surface area (Å²) in [7, 11) is -3.18. The molecule has 4 nitrogen and oxygen atoms in total. The monoisotopic (exact) mass is 282 g/mol. The molecule has 0 spiro atoms. The molecule has 1 fully saturated rings. The number of likely N-dealkylation sites (tertiary alicyclic amines) is 1. The van der Waals surface area contributed by atoms with Gasteiger partial charge in [-0.1, -0.05) is 0 Å². The van der Waals surface area contributed by atoms with Crippen molar-refractivity contribution in [3.05, 3.63) is 23.8 Å². The Labute approximate surface area is 115 Å². The van der Waals surface area contributed by atoms with E-state index in [0.29, 0.717) is 17.0 Å². The molecule has 1 aromatic rings. The van der Waals surface area contributed by atoms with Crippen molar-refractivity contribution in [3.8, 4) is 0 Å². The topological polar surface area (TPSA) is 63.4 Å². The molecule has 0 saturated carbocycles. The summed E-state index contributed by atoms with van der Waals surface area (Å²) >= 11 is 0. The molecular formula is C14H22N2O2S. The summed E-state index contributed by atoms with van der Waals surface area (Å²) in [6.45, 7) is 4.90. The molecule has 0 atom stereocenters. The number of aryl methyl sites for hydroxylation is 1. The zero-order valence-electron chi connectivity index (χ0n) is 11.4. The predicted octanol–water partition coefficient (Wildman–Crippen LogP) is 1.84. The highest BCUT2D eigenvalue weighted by atomic mass is 32.2. The number of sulfone groups is 1. The Hall–Kier alpha value is -1.07. The van der Waals surface area contributed by atoms with E-state index in [0.717, 1.165) is 25.2 Å². The van der Waals surface area contributed by atoms with Crippen molar-refractivity contribution in [2.75, 3.05) is 31.1 Å². The van der Waals surface area contributed by atoms with Gasteiger partial charge < -0.3 is 10.6 Å². The first-order chi connectivity index (χ1) is 8.99. The number of nitrogens with zero attached hydrogens (tertiary/aromatic N) is 1. The fraction of sp³-hybridized carbons (Fsp3) is 0.571. The van der Waals surface area contributed by atoms with E-state index >= 15 is 0 Å². The summed E-state index contributed by atoms with van der Waals surface area (Å²) in [5.41, 5.74) is 6.99. The van der Waals surface area contributed by atoms with Gasteiger partial charge >= 0.3 is 0 Å². The first-order valence-electron chi connectivity index (χ1n) is 6.80. The fourth-order valence-corrected chi connectivity index (χ4v) is 4.17. The molecule has 1 aliphatic rings. The maximum Gasteiger partial charge on any atom is 0.178 e. The number of hydrogen-bond acceptors (Lipinski definition) is 4. The van der Waals surface area contributed by atoms with Crippen LogP contribution >= 0.6 is 0 Å². The highest BCUT2D eigenvalue weighted by Gasteiger charge is 2.18. The Bertz CT molecular complexity index is 534. The number of nitrogens with two attached hydrogens (primary N) is 1. The number of benzene rings is 1. The van der Waals surface area contributed by atoms with Crippen LogP contribution in [-0.4, -0.2) is 38.7 Å². The summed E-state index contributed by atoms with van der Waals surface area (Å²) in [6.07, 6.45) is 3.18. The lowest BCUT2D eigenvalue weighted by Gasteiger charge is -2.14. The van der Waals surface area contributed by atoms with Gasteiger partial charge in [-0.25, -0.2) is 8.42 Å². The van der Waals surface area contributed by atoms with Gasteiger partial charge in [0.15, 0.2) is 9.84 Å². The van der Waals surface area contributed by atoms with Crippen molar-refractivity contribution < 1.29 is 8.42 Å². The van der Waals surface area contributed by atoms with Crippen LogP contribution in [0.4, 0.5) is 5.69 Å². The summed E-state index contributed by atoms with van der Waals surface area (Å²) < 4.78 is 24.6. The molecule has 2 N–H and O–H groups in total. The largest absolute Gasteiger partial charge is 0.399 e. The lowest BCUT2D eigenvalue weighted by Crippen LogP contribution is -2.22. The van der Waals surface area contributed by atoms with Crippen molar-refractivity contribution in [1.82, 2.24) is 4.90 Å². The standard InChI is InChI=1S/C14H22N2O2S/c1-12-11-13(15)5-6-14(12)19(17,18)10-4-9-16-7-2-3-8-16/h5-6,11H,2-4,7-10,15H2,1H3. The molecule has 2 rings (SSSR count). The van der Waals surface area contributed by atoms with E-state index in [2.05, 4.69) is 4.90 Å². The third kappa shape index (κ3) is 3.70. The third-order valence-electron chi connectivity index (χ3n) is 3.62. The predicted molar refractivity (Wildman–Crippen MR) is 77.9 cm³/mol. The van der Waals surface area contributed by atoms with E-state index in [-0.39, 0.29) is 5.75 Å². The van der Waals surface area contributed by atoms with Crippen LogP contribution in [-0.2, 0) is 9.84 Å². The molecule has 5 heteroatoms. The van der Waals surface area contributed by atoms with E-state index in [1.807, 2.05) is 0 Å². The number of rotatable bonds is 5. The van der Waals surface area contributed by atoms with Crippen LogP contribution in [0.5, 0.6) is 0 Å². The number of anilines is 1. The van der Waals surface area contributed by atoms with Crippen molar-refractivity contribution in [2.24, 2.45) is 0 Å². The van der Waals surface area contributed by atoms with Gasteiger partial charge in [-0.3, -0.25) is 0 Å². The van der Waals surface area contributed by atoms with Gasteiger partial charge in [-0.15, -0.1) is 0 Å². The molecule has 106 valence electrons. The van der Waals surface area contributed by atoms with E-state index in [1.54, 1.807) is 25.1 Å². The first-order valence-corrected chi connectivity index (χ1v) is 8.45. The Kier molecular flexibility index (Phi) is 4.47. The average Bonchev–Trinajstić information content (AvgIpc) is 2.81. The second-order valence-corrected chi connectivity index (χ2v) is 7.32. The van der Waals surface area contributed by atoms with Gasteiger partial charge in [-0.2, -0.15) is 0 Å². The minimum Gasteiger partial charge on any atom is -0.399 e. The van der Waals surface area contributed by atoms with Crippen LogP contribution in [0.2, 0.25) is 0 Å². The minimum absolute atomic E-state index is 0.217. The molecule has 0 aliphatic carbocycles. The zero-order chi connectivity index (χ0) is 13.9. The van der Waals surface area contributed by atoms with Crippen molar-refractivity contribution in [2.45, 2.75) is 31.1 Å². The van der Waals surface area contributed by atoms with Crippen molar-refractivity contribution >= 4 is 15.5 Å². The van der Waals surface area contributed by atoms with Gasteiger partial charge in [0.2, 0.25) is 0 Å². The highest BCUT2D eigenvalue weighted by molar-refractivity contribution is 7.91. The smallest absolute Gasteiger partial charge is 0.178 e. The van der Waals surface area contributed by atoms with Crippen LogP contribution in [0.15, 0.2) is 23.1 Å². The molecule has 19 heavy (non-hydrogen) atoms. The first kappa shape index (κ1) is 14.3. The number of hydrogen-bond donors (Lipinski definition) is 1. The number of nitrogen functional groups attached to an aromatic ring is 1. The normalized spacial score (nSPS) is 16.9. The maximum absolute atomic E-state index is 12.3. The molecule has 1 saturated heterocycles. The second-order valence-electron chi connectivity index (χ2n) is 5.25. The van der Waals surface area contributed by atoms with Gasteiger partial charge in [-0.05, 0) is 69.6 Å². The molecule has 1 aromatic carbocycles. The summed E-state index contributed by atoms with van der Waals surface area (Å²) in [5, 5.41) is 0. The van der Waals surface area contributed by atoms with Crippen LogP contribution in [0, 0.1) is 6.92 Å². The quantitative estimate of drug-likeness (QED) is 0.837. The van der Waals surface area contributed by atoms with Gasteiger partial charge in [0, 0.05) is 5.69 Å². The Morgan fingerprint density at radius 1 is 1.26 bits per heavy atom. The summed E-state index contributed by atoms with van der Waals surface area (Å²) in [6, 6.07) is 4.99. The third-order valence-corrected chi connectivity index (χ3v) is 5.57. The summed E-state index contributed by atoms with van der Waals surface area (Å²) in [4.78, 5) is 2.76. The Balaban J connectivity index is 1.97.